The molecular formula is C16H17F3N2O. The van der Waals surface area contributed by atoms with Gasteiger partial charge in [-0.25, -0.2) is 0 Å². The number of nitrogens with one attached hydrogen (secondary N) is 1. The third kappa shape index (κ3) is 4.13. The molecule has 0 bridgehead atoms. The fourth-order valence-corrected chi connectivity index (χ4v) is 2.06. The SMILES string of the molecule is COc1ccc(NCCc2ccc(C(F)(F)F)cn2)cc1C. The van der Waals surface area contributed by atoms with E-state index in [9.17, 15) is 13.2 Å². The molecule has 0 spiro atoms. The number of nitrogens with zero attached hydrogens (tertiary/aromatic N) is 1. The lowest BCUT2D eigenvalue weighted by Crippen LogP contribution is -2.09. The van der Waals surface area contributed by atoms with E-state index in [1.165, 1.54) is 6.07 Å². The second-order valence-electron chi connectivity index (χ2n) is 4.90. The summed E-state index contributed by atoms with van der Waals surface area (Å²) in [5.41, 5.74) is 1.84. The molecule has 0 amide bonds. The predicted molar refractivity (Wildman–Crippen MR) is 79.2 cm³/mol. The van der Waals surface area contributed by atoms with Gasteiger partial charge in [0, 0.05) is 30.5 Å². The van der Waals surface area contributed by atoms with Gasteiger partial charge in [0.1, 0.15) is 5.75 Å². The summed E-state index contributed by atoms with van der Waals surface area (Å²) < 4.78 is 42.5. The number of benzene rings is 1. The molecule has 0 aliphatic carbocycles. The number of aromatic nitrogens is 1. The van der Waals surface area contributed by atoms with Gasteiger partial charge in [-0.3, -0.25) is 4.98 Å². The van der Waals surface area contributed by atoms with Gasteiger partial charge in [-0.15, -0.1) is 0 Å². The van der Waals surface area contributed by atoms with Crippen molar-refractivity contribution in [3.8, 4) is 5.75 Å². The van der Waals surface area contributed by atoms with Crippen LogP contribution in [0, 0.1) is 6.92 Å². The Labute approximate surface area is 127 Å². The minimum atomic E-state index is -4.34. The zero-order chi connectivity index (χ0) is 16.2. The minimum Gasteiger partial charge on any atom is -0.496 e. The zero-order valence-electron chi connectivity index (χ0n) is 12.4. The second-order valence-corrected chi connectivity index (χ2v) is 4.90. The Kier molecular flexibility index (Phi) is 4.90. The van der Waals surface area contributed by atoms with Crippen molar-refractivity contribution < 1.29 is 17.9 Å². The van der Waals surface area contributed by atoms with Crippen LogP contribution in [0.3, 0.4) is 0 Å². The molecule has 2 aromatic rings. The molecule has 3 nitrogen and oxygen atoms in total. The third-order valence-corrected chi connectivity index (χ3v) is 3.26. The quantitative estimate of drug-likeness (QED) is 0.904. The maximum atomic E-state index is 12.4. The van der Waals surface area contributed by atoms with Gasteiger partial charge < -0.3 is 10.1 Å². The van der Waals surface area contributed by atoms with E-state index in [-0.39, 0.29) is 0 Å². The number of pyridine rings is 1. The van der Waals surface area contributed by atoms with Gasteiger partial charge in [0.25, 0.3) is 0 Å². The average molecular weight is 310 g/mol. The molecule has 2 rings (SSSR count). The molecule has 0 radical (unpaired) electrons. The number of ether oxygens (including phenoxy) is 1. The number of methoxy groups -OCH3 is 1. The molecule has 1 N–H and O–H groups in total. The number of hydrogen-bond acceptors (Lipinski definition) is 3. The van der Waals surface area contributed by atoms with E-state index < -0.39 is 11.7 Å². The number of anilines is 1. The van der Waals surface area contributed by atoms with Crippen molar-refractivity contribution in [1.82, 2.24) is 4.98 Å². The molecule has 0 fully saturated rings. The molecule has 0 aliphatic rings. The van der Waals surface area contributed by atoms with Crippen LogP contribution >= 0.6 is 0 Å². The van der Waals surface area contributed by atoms with Gasteiger partial charge in [0.05, 0.1) is 12.7 Å². The lowest BCUT2D eigenvalue weighted by Gasteiger charge is -2.10. The van der Waals surface area contributed by atoms with Gasteiger partial charge in [-0.05, 0) is 42.8 Å². The molecule has 0 saturated heterocycles. The number of rotatable bonds is 5. The van der Waals surface area contributed by atoms with E-state index in [0.29, 0.717) is 18.7 Å². The topological polar surface area (TPSA) is 34.1 Å². The summed E-state index contributed by atoms with van der Waals surface area (Å²) in [6.45, 7) is 2.53. The number of aryl methyl sites for hydroxylation is 1. The highest BCUT2D eigenvalue weighted by Crippen LogP contribution is 2.28. The Balaban J connectivity index is 1.90. The van der Waals surface area contributed by atoms with Crippen molar-refractivity contribution in [2.45, 2.75) is 19.5 Å². The van der Waals surface area contributed by atoms with Crippen molar-refractivity contribution in [2.75, 3.05) is 19.0 Å². The van der Waals surface area contributed by atoms with E-state index in [1.54, 1.807) is 7.11 Å². The van der Waals surface area contributed by atoms with Crippen LogP contribution in [0.1, 0.15) is 16.8 Å². The van der Waals surface area contributed by atoms with Gasteiger partial charge in [0.15, 0.2) is 0 Å². The number of hydrogen-bond donors (Lipinski definition) is 1. The molecule has 0 atom stereocenters. The largest absolute Gasteiger partial charge is 0.496 e. The van der Waals surface area contributed by atoms with E-state index in [4.69, 9.17) is 4.74 Å². The van der Waals surface area contributed by atoms with Crippen LogP contribution in [0.5, 0.6) is 5.75 Å². The van der Waals surface area contributed by atoms with Crippen LogP contribution in [0.15, 0.2) is 36.5 Å². The minimum absolute atomic E-state index is 0.545. The van der Waals surface area contributed by atoms with Crippen LogP contribution in [0.25, 0.3) is 0 Å². The highest BCUT2D eigenvalue weighted by atomic mass is 19.4. The molecule has 118 valence electrons. The number of halogens is 3. The fraction of sp³-hybridized carbons (Fsp3) is 0.312. The number of alkyl halides is 3. The van der Waals surface area contributed by atoms with Crippen molar-refractivity contribution >= 4 is 5.69 Å². The fourth-order valence-electron chi connectivity index (χ4n) is 2.06. The first-order chi connectivity index (χ1) is 10.4. The lowest BCUT2D eigenvalue weighted by molar-refractivity contribution is -0.137. The average Bonchev–Trinajstić information content (AvgIpc) is 2.47. The van der Waals surface area contributed by atoms with Crippen LogP contribution in [0.4, 0.5) is 18.9 Å². The summed E-state index contributed by atoms with van der Waals surface area (Å²) in [6.07, 6.45) is -2.93. The molecule has 22 heavy (non-hydrogen) atoms. The van der Waals surface area contributed by atoms with Crippen molar-refractivity contribution in [3.05, 3.63) is 53.3 Å². The summed E-state index contributed by atoms with van der Waals surface area (Å²) in [5.74, 6) is 0.815. The summed E-state index contributed by atoms with van der Waals surface area (Å²) in [5, 5.41) is 3.21. The first-order valence-electron chi connectivity index (χ1n) is 6.81. The lowest BCUT2D eigenvalue weighted by atomic mass is 10.2. The smallest absolute Gasteiger partial charge is 0.417 e. The van der Waals surface area contributed by atoms with Crippen molar-refractivity contribution in [2.24, 2.45) is 0 Å². The summed E-state index contributed by atoms with van der Waals surface area (Å²) in [6, 6.07) is 8.18. The van der Waals surface area contributed by atoms with E-state index in [2.05, 4.69) is 10.3 Å². The van der Waals surface area contributed by atoms with Gasteiger partial charge in [-0.1, -0.05) is 0 Å². The van der Waals surface area contributed by atoms with E-state index in [1.807, 2.05) is 25.1 Å². The maximum absolute atomic E-state index is 12.4. The van der Waals surface area contributed by atoms with E-state index in [0.717, 1.165) is 29.3 Å². The van der Waals surface area contributed by atoms with Crippen LogP contribution in [0.2, 0.25) is 0 Å². The Morgan fingerprint density at radius 1 is 1.18 bits per heavy atom. The molecule has 0 saturated carbocycles. The third-order valence-electron chi connectivity index (χ3n) is 3.26. The molecule has 0 unspecified atom stereocenters. The van der Waals surface area contributed by atoms with Crippen LogP contribution in [-0.2, 0) is 12.6 Å². The molecular weight excluding hydrogens is 293 g/mol. The highest BCUT2D eigenvalue weighted by molar-refractivity contribution is 5.50. The standard InChI is InChI=1S/C16H17F3N2O/c1-11-9-14(5-6-15(11)22-2)20-8-7-13-4-3-12(10-21-13)16(17,18)19/h3-6,9-10,20H,7-8H2,1-2H3. The zero-order valence-corrected chi connectivity index (χ0v) is 12.4. The first-order valence-corrected chi connectivity index (χ1v) is 6.81. The monoisotopic (exact) mass is 310 g/mol. The molecule has 6 heteroatoms. The maximum Gasteiger partial charge on any atom is 0.417 e. The normalized spacial score (nSPS) is 11.3. The molecule has 0 aliphatic heterocycles. The Hall–Kier alpha value is -2.24. The Morgan fingerprint density at radius 2 is 1.95 bits per heavy atom. The molecule has 1 heterocycles. The highest BCUT2D eigenvalue weighted by Gasteiger charge is 2.30. The van der Waals surface area contributed by atoms with Gasteiger partial charge in [-0.2, -0.15) is 13.2 Å². The predicted octanol–water partition coefficient (Wildman–Crippen LogP) is 4.07. The summed E-state index contributed by atoms with van der Waals surface area (Å²) in [4.78, 5) is 3.84. The Bertz CT molecular complexity index is 624. The molecule has 1 aromatic heterocycles. The van der Waals surface area contributed by atoms with Crippen LogP contribution in [-0.4, -0.2) is 18.6 Å². The Morgan fingerprint density at radius 3 is 2.50 bits per heavy atom. The first kappa shape index (κ1) is 16.1. The van der Waals surface area contributed by atoms with Gasteiger partial charge >= 0.3 is 6.18 Å². The van der Waals surface area contributed by atoms with Crippen molar-refractivity contribution in [3.63, 3.8) is 0 Å². The van der Waals surface area contributed by atoms with Crippen LogP contribution < -0.4 is 10.1 Å². The van der Waals surface area contributed by atoms with Crippen molar-refractivity contribution in [1.29, 1.82) is 0 Å². The molecule has 1 aromatic carbocycles. The van der Waals surface area contributed by atoms with E-state index >= 15 is 0 Å². The summed E-state index contributed by atoms with van der Waals surface area (Å²) >= 11 is 0. The van der Waals surface area contributed by atoms with Gasteiger partial charge in [0.2, 0.25) is 0 Å². The second kappa shape index (κ2) is 6.68. The summed E-state index contributed by atoms with van der Waals surface area (Å²) in [7, 11) is 1.62.